The zero-order valence-corrected chi connectivity index (χ0v) is 17.3. The number of anilines is 1. The van der Waals surface area contributed by atoms with Crippen LogP contribution in [0.3, 0.4) is 0 Å². The van der Waals surface area contributed by atoms with Crippen LogP contribution in [0, 0.1) is 0 Å². The second-order valence-corrected chi connectivity index (χ2v) is 7.54. The summed E-state index contributed by atoms with van der Waals surface area (Å²) in [6.07, 6.45) is 1.39. The number of carbonyl (C=O) groups is 2. The van der Waals surface area contributed by atoms with Crippen LogP contribution in [0.1, 0.15) is 5.56 Å². The molecule has 0 aliphatic carbocycles. The number of ether oxygens (including phenoxy) is 3. The van der Waals surface area contributed by atoms with Gasteiger partial charge in [-0.1, -0.05) is 30.3 Å². The third-order valence-electron chi connectivity index (χ3n) is 3.66. The highest BCUT2D eigenvalue weighted by Gasteiger charge is 2.12. The number of benzene rings is 2. The zero-order chi connectivity index (χ0) is 22.0. The predicted molar refractivity (Wildman–Crippen MR) is 112 cm³/mol. The molecule has 0 aromatic heterocycles. The number of rotatable bonds is 10. The van der Waals surface area contributed by atoms with Crippen molar-refractivity contribution < 1.29 is 32.2 Å². The Bertz CT molecular complexity index is 983. The zero-order valence-electron chi connectivity index (χ0n) is 16.5. The predicted octanol–water partition coefficient (Wildman–Crippen LogP) is 1.78. The van der Waals surface area contributed by atoms with Gasteiger partial charge in [-0.05, 0) is 11.6 Å². The molecule has 0 radical (unpaired) electrons. The summed E-state index contributed by atoms with van der Waals surface area (Å²) in [7, 11) is -0.896. The number of methoxy groups -OCH3 is 2. The van der Waals surface area contributed by atoms with Crippen molar-refractivity contribution in [3.8, 4) is 11.5 Å². The molecule has 2 rings (SSSR count). The van der Waals surface area contributed by atoms with Gasteiger partial charge in [-0.2, -0.15) is 0 Å². The van der Waals surface area contributed by atoms with Crippen molar-refractivity contribution in [3.05, 3.63) is 59.5 Å². The van der Waals surface area contributed by atoms with E-state index in [-0.39, 0.29) is 0 Å². The summed E-state index contributed by atoms with van der Waals surface area (Å²) in [5.74, 6) is -0.560. The van der Waals surface area contributed by atoms with Crippen LogP contribution < -0.4 is 19.5 Å². The lowest BCUT2D eigenvalue weighted by Crippen LogP contribution is -2.31. The largest absolute Gasteiger partial charge is 0.497 e. The van der Waals surface area contributed by atoms with Gasteiger partial charge in [0, 0.05) is 29.3 Å². The molecule has 2 N–H and O–H groups in total. The highest BCUT2D eigenvalue weighted by molar-refractivity contribution is 7.92. The molecule has 160 valence electrons. The van der Waals surface area contributed by atoms with E-state index in [0.717, 1.165) is 5.41 Å². The number of sulfonamides is 1. The SMILES string of the molecule is COc1cc(NC(=O)COC(=O)CNS(=O)(=O)/C=C/c2ccccc2)cc(OC)c1. The minimum Gasteiger partial charge on any atom is -0.497 e. The van der Waals surface area contributed by atoms with Gasteiger partial charge in [0.15, 0.2) is 6.61 Å². The van der Waals surface area contributed by atoms with E-state index in [2.05, 4.69) is 10.0 Å². The maximum atomic E-state index is 12.0. The first-order valence-corrected chi connectivity index (χ1v) is 10.3. The van der Waals surface area contributed by atoms with Crippen LogP contribution in [-0.4, -0.2) is 47.7 Å². The number of hydrogen-bond donors (Lipinski definition) is 2. The minimum absolute atomic E-state index is 0.388. The van der Waals surface area contributed by atoms with Gasteiger partial charge in [-0.3, -0.25) is 9.59 Å². The Kier molecular flexibility index (Phi) is 8.39. The Morgan fingerprint density at radius 2 is 1.63 bits per heavy atom. The van der Waals surface area contributed by atoms with Crippen molar-refractivity contribution in [3.63, 3.8) is 0 Å². The van der Waals surface area contributed by atoms with Gasteiger partial charge >= 0.3 is 5.97 Å². The first kappa shape index (κ1) is 22.9. The lowest BCUT2D eigenvalue weighted by Gasteiger charge is -2.10. The molecule has 0 saturated heterocycles. The van der Waals surface area contributed by atoms with Crippen molar-refractivity contribution in [2.24, 2.45) is 0 Å². The number of hydrogen-bond acceptors (Lipinski definition) is 7. The molecule has 0 fully saturated rings. The molecule has 1 amide bonds. The molecule has 0 saturated carbocycles. The topological polar surface area (TPSA) is 120 Å². The molecular weight excluding hydrogens is 412 g/mol. The van der Waals surface area contributed by atoms with E-state index >= 15 is 0 Å². The Morgan fingerprint density at radius 1 is 1.00 bits per heavy atom. The summed E-state index contributed by atoms with van der Waals surface area (Å²) in [6, 6.07) is 13.6. The third-order valence-corrected chi connectivity index (χ3v) is 4.70. The van der Waals surface area contributed by atoms with Gasteiger partial charge in [0.05, 0.1) is 14.2 Å². The van der Waals surface area contributed by atoms with Gasteiger partial charge < -0.3 is 19.5 Å². The molecule has 2 aromatic rings. The maximum absolute atomic E-state index is 12.0. The van der Waals surface area contributed by atoms with E-state index in [1.165, 1.54) is 20.3 Å². The number of nitrogens with one attached hydrogen (secondary N) is 2. The lowest BCUT2D eigenvalue weighted by atomic mass is 10.2. The quantitative estimate of drug-likeness (QED) is 0.547. The number of amides is 1. The van der Waals surface area contributed by atoms with Gasteiger partial charge in [-0.25, -0.2) is 13.1 Å². The summed E-state index contributed by atoms with van der Waals surface area (Å²) < 4.78 is 40.9. The third kappa shape index (κ3) is 7.94. The fraction of sp³-hybridized carbons (Fsp3) is 0.200. The monoisotopic (exact) mass is 434 g/mol. The van der Waals surface area contributed by atoms with Crippen LogP contribution in [0.2, 0.25) is 0 Å². The average molecular weight is 434 g/mol. The maximum Gasteiger partial charge on any atom is 0.321 e. The lowest BCUT2D eigenvalue weighted by molar-refractivity contribution is -0.146. The molecule has 0 spiro atoms. The standard InChI is InChI=1S/C20H22N2O7S/c1-27-17-10-16(11-18(12-17)28-2)22-19(23)14-29-20(24)13-21-30(25,26)9-8-15-6-4-3-5-7-15/h3-12,21H,13-14H2,1-2H3,(H,22,23)/b9-8+. The van der Waals surface area contributed by atoms with Crippen LogP contribution in [0.4, 0.5) is 5.69 Å². The van der Waals surface area contributed by atoms with Crippen molar-refractivity contribution in [1.82, 2.24) is 4.72 Å². The fourth-order valence-electron chi connectivity index (χ4n) is 2.21. The van der Waals surface area contributed by atoms with Crippen LogP contribution in [0.5, 0.6) is 11.5 Å². The average Bonchev–Trinajstić information content (AvgIpc) is 2.75. The minimum atomic E-state index is -3.84. The molecule has 0 heterocycles. The smallest absolute Gasteiger partial charge is 0.321 e. The van der Waals surface area contributed by atoms with Crippen LogP contribution in [0.25, 0.3) is 6.08 Å². The molecule has 0 aliphatic rings. The van der Waals surface area contributed by atoms with E-state index < -0.39 is 35.1 Å². The summed E-state index contributed by atoms with van der Waals surface area (Å²) in [4.78, 5) is 23.7. The second-order valence-electron chi connectivity index (χ2n) is 5.89. The van der Waals surface area contributed by atoms with Crippen LogP contribution >= 0.6 is 0 Å². The highest BCUT2D eigenvalue weighted by Crippen LogP contribution is 2.25. The highest BCUT2D eigenvalue weighted by atomic mass is 32.2. The Morgan fingerprint density at radius 3 is 2.23 bits per heavy atom. The van der Waals surface area contributed by atoms with E-state index in [1.54, 1.807) is 48.5 Å². The van der Waals surface area contributed by atoms with Gasteiger partial charge in [0.25, 0.3) is 5.91 Å². The summed E-state index contributed by atoms with van der Waals surface area (Å²) >= 11 is 0. The first-order chi connectivity index (χ1) is 14.3. The number of carbonyl (C=O) groups excluding carboxylic acids is 2. The van der Waals surface area contributed by atoms with Gasteiger partial charge in [-0.15, -0.1) is 0 Å². The molecule has 2 aromatic carbocycles. The molecule has 0 atom stereocenters. The Balaban J connectivity index is 1.80. The fourth-order valence-corrected chi connectivity index (χ4v) is 2.97. The summed E-state index contributed by atoms with van der Waals surface area (Å²) in [5.41, 5.74) is 1.08. The van der Waals surface area contributed by atoms with E-state index in [0.29, 0.717) is 22.7 Å². The number of esters is 1. The van der Waals surface area contributed by atoms with Crippen LogP contribution in [-0.2, 0) is 24.3 Å². The van der Waals surface area contributed by atoms with Crippen molar-refractivity contribution in [2.45, 2.75) is 0 Å². The molecular formula is C20H22N2O7S. The van der Waals surface area contributed by atoms with Gasteiger partial charge in [0.2, 0.25) is 10.0 Å². The molecule has 0 aliphatic heterocycles. The first-order valence-electron chi connectivity index (χ1n) is 8.72. The van der Waals surface area contributed by atoms with E-state index in [4.69, 9.17) is 14.2 Å². The summed E-state index contributed by atoms with van der Waals surface area (Å²) in [6.45, 7) is -1.19. The molecule has 9 nitrogen and oxygen atoms in total. The molecule has 0 unspecified atom stereocenters. The normalized spacial score (nSPS) is 11.1. The van der Waals surface area contributed by atoms with Crippen molar-refractivity contribution in [2.75, 3.05) is 32.7 Å². The summed E-state index contributed by atoms with van der Waals surface area (Å²) in [5, 5.41) is 3.47. The van der Waals surface area contributed by atoms with Crippen molar-refractivity contribution in [1.29, 1.82) is 0 Å². The van der Waals surface area contributed by atoms with Crippen LogP contribution in [0.15, 0.2) is 53.9 Å². The second kappa shape index (κ2) is 11.0. The van der Waals surface area contributed by atoms with E-state index in [1.807, 2.05) is 0 Å². The Labute approximate surface area is 174 Å². The Hall–Kier alpha value is -3.37. The molecule has 10 heteroatoms. The molecule has 30 heavy (non-hydrogen) atoms. The molecule has 0 bridgehead atoms. The van der Waals surface area contributed by atoms with E-state index in [9.17, 15) is 18.0 Å². The van der Waals surface area contributed by atoms with Crippen molar-refractivity contribution >= 4 is 33.7 Å². The van der Waals surface area contributed by atoms with Gasteiger partial charge in [0.1, 0.15) is 18.0 Å².